The van der Waals surface area contributed by atoms with E-state index in [2.05, 4.69) is 9.80 Å². The van der Waals surface area contributed by atoms with E-state index in [4.69, 9.17) is 23.2 Å². The van der Waals surface area contributed by atoms with Gasteiger partial charge in [0.05, 0.1) is 15.6 Å². The average molecular weight is 535 g/mol. The SMILES string of the molecule is CN(C[C@@H](CCN1CCC(N2CCCCC2=O)CC1)c1ccc(Cl)c(Cl)c1)C(=O)c1ccccc1F. The molecule has 2 saturated heterocycles. The molecule has 8 heteroatoms. The van der Waals surface area contributed by atoms with E-state index in [-0.39, 0.29) is 17.4 Å². The predicted octanol–water partition coefficient (Wildman–Crippen LogP) is 5.86. The van der Waals surface area contributed by atoms with Gasteiger partial charge in [-0.2, -0.15) is 0 Å². The predicted molar refractivity (Wildman–Crippen MR) is 142 cm³/mol. The second kappa shape index (κ2) is 12.4. The zero-order valence-electron chi connectivity index (χ0n) is 20.8. The number of hydrogen-bond donors (Lipinski definition) is 0. The van der Waals surface area contributed by atoms with Crippen molar-refractivity contribution in [1.82, 2.24) is 14.7 Å². The number of halogens is 3. The van der Waals surface area contributed by atoms with Gasteiger partial charge >= 0.3 is 0 Å². The van der Waals surface area contributed by atoms with Crippen molar-refractivity contribution < 1.29 is 14.0 Å². The summed E-state index contributed by atoms with van der Waals surface area (Å²) >= 11 is 12.5. The summed E-state index contributed by atoms with van der Waals surface area (Å²) in [6, 6.07) is 12.0. The maximum atomic E-state index is 14.2. The fraction of sp³-hybridized carbons (Fsp3) is 0.500. The van der Waals surface area contributed by atoms with E-state index in [0.29, 0.717) is 35.0 Å². The second-order valence-corrected chi connectivity index (χ2v) is 10.8. The lowest BCUT2D eigenvalue weighted by Gasteiger charge is -2.40. The van der Waals surface area contributed by atoms with Gasteiger partial charge in [0.25, 0.3) is 5.91 Å². The van der Waals surface area contributed by atoms with Crippen molar-refractivity contribution >= 4 is 35.0 Å². The first-order chi connectivity index (χ1) is 17.3. The van der Waals surface area contributed by atoms with Crippen molar-refractivity contribution in [2.45, 2.75) is 50.5 Å². The lowest BCUT2D eigenvalue weighted by Crippen LogP contribution is -2.49. The number of nitrogens with zero attached hydrogens (tertiary/aromatic N) is 3. The molecule has 2 aliphatic rings. The molecule has 0 unspecified atom stereocenters. The number of rotatable bonds is 8. The topological polar surface area (TPSA) is 43.9 Å². The van der Waals surface area contributed by atoms with Crippen molar-refractivity contribution in [3.8, 4) is 0 Å². The minimum absolute atomic E-state index is 0.0156. The molecule has 0 spiro atoms. The molecule has 0 aliphatic carbocycles. The van der Waals surface area contributed by atoms with Gasteiger partial charge in [-0.15, -0.1) is 0 Å². The monoisotopic (exact) mass is 533 g/mol. The maximum Gasteiger partial charge on any atom is 0.256 e. The molecule has 4 rings (SSSR count). The Labute approximate surface area is 223 Å². The van der Waals surface area contributed by atoms with E-state index in [9.17, 15) is 14.0 Å². The molecular formula is C28H34Cl2FN3O2. The summed E-state index contributed by atoms with van der Waals surface area (Å²) in [4.78, 5) is 31.4. The van der Waals surface area contributed by atoms with Gasteiger partial charge in [-0.05, 0) is 68.5 Å². The van der Waals surface area contributed by atoms with Crippen LogP contribution < -0.4 is 0 Å². The first-order valence-electron chi connectivity index (χ1n) is 12.8. The van der Waals surface area contributed by atoms with Crippen LogP contribution in [0.1, 0.15) is 60.4 Å². The molecule has 0 bridgehead atoms. The number of hydrogen-bond acceptors (Lipinski definition) is 3. The summed E-state index contributed by atoms with van der Waals surface area (Å²) in [7, 11) is 1.71. The fourth-order valence-corrected chi connectivity index (χ4v) is 5.70. The van der Waals surface area contributed by atoms with E-state index >= 15 is 0 Å². The van der Waals surface area contributed by atoms with Crippen LogP contribution in [0.3, 0.4) is 0 Å². The number of likely N-dealkylation sites (N-methyl/N-ethyl adjacent to an activating group) is 1. The van der Waals surface area contributed by atoms with Gasteiger partial charge < -0.3 is 14.7 Å². The molecule has 2 amide bonds. The Morgan fingerprint density at radius 3 is 2.53 bits per heavy atom. The summed E-state index contributed by atoms with van der Waals surface area (Å²) in [6.45, 7) is 4.10. The molecule has 0 radical (unpaired) electrons. The molecule has 0 aromatic heterocycles. The third kappa shape index (κ3) is 6.58. The van der Waals surface area contributed by atoms with Gasteiger partial charge in [0.2, 0.25) is 5.91 Å². The molecule has 5 nitrogen and oxygen atoms in total. The minimum atomic E-state index is -0.518. The van der Waals surface area contributed by atoms with E-state index in [1.54, 1.807) is 30.1 Å². The molecule has 2 fully saturated rings. The summed E-state index contributed by atoms with van der Waals surface area (Å²) in [6.07, 6.45) is 5.61. The molecule has 0 N–H and O–H groups in total. The van der Waals surface area contributed by atoms with E-state index in [0.717, 1.165) is 63.8 Å². The van der Waals surface area contributed by atoms with E-state index in [1.807, 2.05) is 12.1 Å². The maximum absolute atomic E-state index is 14.2. The lowest BCUT2D eigenvalue weighted by atomic mass is 9.93. The standard InChI is InChI=1S/C28H34Cl2FN3O2/c1-32(28(36)23-6-2-3-7-26(23)31)19-21(20-9-10-24(29)25(30)18-20)11-15-33-16-12-22(13-17-33)34-14-5-4-8-27(34)35/h2-3,6-7,9-10,18,21-22H,4-5,8,11-17,19H2,1H3/t21-/m1/s1. The molecule has 2 aliphatic heterocycles. The van der Waals surface area contributed by atoms with Gasteiger partial charge in [-0.1, -0.05) is 41.4 Å². The zero-order chi connectivity index (χ0) is 25.7. The molecule has 36 heavy (non-hydrogen) atoms. The quantitative estimate of drug-likeness (QED) is 0.427. The Morgan fingerprint density at radius 1 is 1.08 bits per heavy atom. The smallest absolute Gasteiger partial charge is 0.256 e. The van der Waals surface area contributed by atoms with Gasteiger partial charge in [0.15, 0.2) is 0 Å². The Hall–Kier alpha value is -2.15. The Bertz CT molecular complexity index is 1070. The molecule has 194 valence electrons. The highest BCUT2D eigenvalue weighted by molar-refractivity contribution is 6.42. The minimum Gasteiger partial charge on any atom is -0.341 e. The van der Waals surface area contributed by atoms with Crippen LogP contribution in [0.4, 0.5) is 4.39 Å². The van der Waals surface area contributed by atoms with Crippen molar-refractivity contribution in [1.29, 1.82) is 0 Å². The van der Waals surface area contributed by atoms with Crippen LogP contribution in [-0.2, 0) is 4.79 Å². The van der Waals surface area contributed by atoms with Crippen LogP contribution in [0.25, 0.3) is 0 Å². The summed E-state index contributed by atoms with van der Waals surface area (Å²) in [5, 5.41) is 0.971. The van der Waals surface area contributed by atoms with Crippen LogP contribution >= 0.6 is 23.2 Å². The van der Waals surface area contributed by atoms with Gasteiger partial charge in [0, 0.05) is 51.6 Å². The normalized spacial score (nSPS) is 18.3. The van der Waals surface area contributed by atoms with Crippen molar-refractivity contribution in [3.63, 3.8) is 0 Å². The van der Waals surface area contributed by atoms with E-state index in [1.165, 1.54) is 12.1 Å². The van der Waals surface area contributed by atoms with Crippen molar-refractivity contribution in [2.24, 2.45) is 0 Å². The van der Waals surface area contributed by atoms with Crippen LogP contribution in [0.15, 0.2) is 42.5 Å². The van der Waals surface area contributed by atoms with Crippen LogP contribution in [0.5, 0.6) is 0 Å². The molecule has 2 aromatic rings. The summed E-state index contributed by atoms with van der Waals surface area (Å²) in [5.74, 6) is -0.538. The van der Waals surface area contributed by atoms with Crippen molar-refractivity contribution in [2.75, 3.05) is 39.8 Å². The largest absolute Gasteiger partial charge is 0.341 e. The third-order valence-electron chi connectivity index (χ3n) is 7.51. The van der Waals surface area contributed by atoms with Gasteiger partial charge in [-0.25, -0.2) is 4.39 Å². The Kier molecular flexibility index (Phi) is 9.26. The third-order valence-corrected chi connectivity index (χ3v) is 8.25. The molecule has 2 heterocycles. The average Bonchev–Trinajstić information content (AvgIpc) is 2.88. The van der Waals surface area contributed by atoms with Gasteiger partial charge in [-0.3, -0.25) is 9.59 Å². The molecule has 2 aromatic carbocycles. The lowest BCUT2D eigenvalue weighted by molar-refractivity contribution is -0.136. The molecule has 0 saturated carbocycles. The number of carbonyl (C=O) groups excluding carboxylic acids is 2. The molecular weight excluding hydrogens is 500 g/mol. The first-order valence-corrected chi connectivity index (χ1v) is 13.6. The van der Waals surface area contributed by atoms with Gasteiger partial charge in [0.1, 0.15) is 5.82 Å². The first kappa shape index (κ1) is 26.9. The second-order valence-electron chi connectivity index (χ2n) is 9.94. The fourth-order valence-electron chi connectivity index (χ4n) is 5.39. The van der Waals surface area contributed by atoms with E-state index < -0.39 is 5.82 Å². The van der Waals surface area contributed by atoms with Crippen LogP contribution in [0, 0.1) is 5.82 Å². The summed E-state index contributed by atoms with van der Waals surface area (Å²) < 4.78 is 14.2. The number of carbonyl (C=O) groups is 2. The van der Waals surface area contributed by atoms with Crippen LogP contribution in [0.2, 0.25) is 10.0 Å². The number of piperidine rings is 2. The highest BCUT2D eigenvalue weighted by Crippen LogP contribution is 2.30. The number of amides is 2. The Morgan fingerprint density at radius 2 is 1.83 bits per heavy atom. The number of benzene rings is 2. The molecule has 1 atom stereocenters. The summed E-state index contributed by atoms with van der Waals surface area (Å²) in [5.41, 5.74) is 1.08. The van der Waals surface area contributed by atoms with Crippen molar-refractivity contribution in [3.05, 3.63) is 69.5 Å². The Balaban J connectivity index is 1.40. The highest BCUT2D eigenvalue weighted by atomic mass is 35.5. The highest BCUT2D eigenvalue weighted by Gasteiger charge is 2.30. The number of likely N-dealkylation sites (tertiary alicyclic amines) is 2. The van der Waals surface area contributed by atoms with Crippen LogP contribution in [-0.4, -0.2) is 72.3 Å². The zero-order valence-corrected chi connectivity index (χ0v) is 22.3.